The first-order valence-electron chi connectivity index (χ1n) is 9.01. The summed E-state index contributed by atoms with van der Waals surface area (Å²) in [5.74, 6) is -1.00. The quantitative estimate of drug-likeness (QED) is 0.616. The van der Waals surface area contributed by atoms with Crippen molar-refractivity contribution in [2.45, 2.75) is 24.7 Å². The second-order valence-electron chi connectivity index (χ2n) is 6.78. The first-order chi connectivity index (χ1) is 13.4. The van der Waals surface area contributed by atoms with Gasteiger partial charge in [-0.25, -0.2) is 18.2 Å². The lowest BCUT2D eigenvalue weighted by Gasteiger charge is -2.30. The normalized spacial score (nSPS) is 16.4. The number of sulfonamides is 1. The van der Waals surface area contributed by atoms with Crippen molar-refractivity contribution in [2.75, 3.05) is 13.1 Å². The number of aryl methyl sites for hydroxylation is 1. The summed E-state index contributed by atoms with van der Waals surface area (Å²) in [5, 5.41) is 3.98. The van der Waals surface area contributed by atoms with Crippen LogP contribution in [0.15, 0.2) is 58.5 Å². The Balaban J connectivity index is 1.53. The predicted octanol–water partition coefficient (Wildman–Crippen LogP) is 2.69. The highest BCUT2D eigenvalue weighted by molar-refractivity contribution is 7.89. The van der Waals surface area contributed by atoms with Crippen LogP contribution in [0.5, 0.6) is 0 Å². The molecule has 8 heteroatoms. The summed E-state index contributed by atoms with van der Waals surface area (Å²) in [6.45, 7) is 2.46. The molecule has 6 nitrogen and oxygen atoms in total. The van der Waals surface area contributed by atoms with Crippen LogP contribution in [0.4, 0.5) is 4.39 Å². The van der Waals surface area contributed by atoms with Crippen LogP contribution >= 0.6 is 0 Å². The Bertz CT molecular complexity index is 949. The van der Waals surface area contributed by atoms with Crippen molar-refractivity contribution >= 4 is 22.1 Å². The maximum Gasteiger partial charge on any atom is 0.243 e. The minimum absolute atomic E-state index is 0.0551. The van der Waals surface area contributed by atoms with E-state index in [0.29, 0.717) is 12.8 Å². The average Bonchev–Trinajstić information content (AvgIpc) is 2.70. The molecule has 28 heavy (non-hydrogen) atoms. The van der Waals surface area contributed by atoms with Crippen molar-refractivity contribution in [3.8, 4) is 0 Å². The molecule has 2 aromatic rings. The standard InChI is InChI=1S/C20H22FN3O3S/c1-15-2-4-16(5-3-15)14-22-23-20(25)17-10-12-24(13-11-17)28(26,27)19-8-6-18(21)7-9-19/h2-9,14,17H,10-13H2,1H3,(H,23,25)/b22-14-. The van der Waals surface area contributed by atoms with Crippen molar-refractivity contribution in [2.24, 2.45) is 11.0 Å². The number of hydrazone groups is 1. The van der Waals surface area contributed by atoms with Gasteiger partial charge in [-0.1, -0.05) is 29.8 Å². The molecule has 1 N–H and O–H groups in total. The molecule has 0 aromatic heterocycles. The van der Waals surface area contributed by atoms with Gasteiger partial charge in [0, 0.05) is 19.0 Å². The van der Waals surface area contributed by atoms with Gasteiger partial charge in [0.05, 0.1) is 11.1 Å². The third-order valence-corrected chi connectivity index (χ3v) is 6.65. The Morgan fingerprint density at radius 1 is 1.11 bits per heavy atom. The summed E-state index contributed by atoms with van der Waals surface area (Å²) < 4.78 is 39.6. The number of nitrogens with zero attached hydrogens (tertiary/aromatic N) is 2. The van der Waals surface area contributed by atoms with E-state index in [1.54, 1.807) is 6.21 Å². The molecule has 1 aliphatic rings. The number of carbonyl (C=O) groups is 1. The van der Waals surface area contributed by atoms with Gasteiger partial charge in [0.1, 0.15) is 5.82 Å². The maximum atomic E-state index is 13.0. The van der Waals surface area contributed by atoms with E-state index in [1.807, 2.05) is 31.2 Å². The van der Waals surface area contributed by atoms with E-state index < -0.39 is 15.8 Å². The molecule has 1 amide bonds. The van der Waals surface area contributed by atoms with Gasteiger partial charge in [-0.05, 0) is 49.6 Å². The third-order valence-electron chi connectivity index (χ3n) is 4.74. The first-order valence-corrected chi connectivity index (χ1v) is 10.5. The van der Waals surface area contributed by atoms with Gasteiger partial charge in [-0.3, -0.25) is 4.79 Å². The lowest BCUT2D eigenvalue weighted by atomic mass is 9.98. The molecule has 1 aliphatic heterocycles. The van der Waals surface area contributed by atoms with E-state index in [1.165, 1.54) is 16.4 Å². The minimum Gasteiger partial charge on any atom is -0.273 e. The number of nitrogens with one attached hydrogen (secondary N) is 1. The largest absolute Gasteiger partial charge is 0.273 e. The number of benzene rings is 2. The lowest BCUT2D eigenvalue weighted by Crippen LogP contribution is -2.42. The molecule has 0 saturated carbocycles. The van der Waals surface area contributed by atoms with Crippen LogP contribution in [0, 0.1) is 18.7 Å². The van der Waals surface area contributed by atoms with Crippen LogP contribution in [0.3, 0.4) is 0 Å². The van der Waals surface area contributed by atoms with E-state index in [4.69, 9.17) is 0 Å². The van der Waals surface area contributed by atoms with Crippen molar-refractivity contribution in [1.82, 2.24) is 9.73 Å². The Kier molecular flexibility index (Phi) is 6.21. The second-order valence-corrected chi connectivity index (χ2v) is 8.72. The lowest BCUT2D eigenvalue weighted by molar-refractivity contribution is -0.126. The van der Waals surface area contributed by atoms with Gasteiger partial charge >= 0.3 is 0 Å². The van der Waals surface area contributed by atoms with E-state index in [-0.39, 0.29) is 29.8 Å². The number of hydrogen-bond acceptors (Lipinski definition) is 4. The molecule has 0 spiro atoms. The topological polar surface area (TPSA) is 78.8 Å². The number of hydrogen-bond donors (Lipinski definition) is 1. The average molecular weight is 403 g/mol. The summed E-state index contributed by atoms with van der Waals surface area (Å²) in [6, 6.07) is 12.5. The molecule has 3 rings (SSSR count). The number of amides is 1. The fourth-order valence-corrected chi connectivity index (χ4v) is 4.50. The molecule has 1 saturated heterocycles. The van der Waals surface area contributed by atoms with Crippen LogP contribution in [0.25, 0.3) is 0 Å². The molecular formula is C20H22FN3O3S. The van der Waals surface area contributed by atoms with Gasteiger partial charge < -0.3 is 0 Å². The zero-order valence-corrected chi connectivity index (χ0v) is 16.3. The van der Waals surface area contributed by atoms with Gasteiger partial charge in [0.15, 0.2) is 0 Å². The van der Waals surface area contributed by atoms with Crippen molar-refractivity contribution in [3.63, 3.8) is 0 Å². The summed E-state index contributed by atoms with van der Waals surface area (Å²) >= 11 is 0. The van der Waals surface area contributed by atoms with Gasteiger partial charge in [0.25, 0.3) is 0 Å². The molecule has 2 aromatic carbocycles. The fourth-order valence-electron chi connectivity index (χ4n) is 3.03. The highest BCUT2D eigenvalue weighted by atomic mass is 32.2. The molecule has 148 valence electrons. The van der Waals surface area contributed by atoms with Crippen LogP contribution in [0.2, 0.25) is 0 Å². The van der Waals surface area contributed by atoms with Gasteiger partial charge in [-0.2, -0.15) is 9.41 Å². The Morgan fingerprint density at radius 2 is 1.71 bits per heavy atom. The highest BCUT2D eigenvalue weighted by Gasteiger charge is 2.32. The van der Waals surface area contributed by atoms with Gasteiger partial charge in [0.2, 0.25) is 15.9 Å². The molecule has 1 heterocycles. The predicted molar refractivity (Wildman–Crippen MR) is 105 cm³/mol. The zero-order chi connectivity index (χ0) is 20.1. The molecule has 0 atom stereocenters. The molecular weight excluding hydrogens is 381 g/mol. The number of rotatable bonds is 5. The molecule has 0 bridgehead atoms. The second kappa shape index (κ2) is 8.62. The maximum absolute atomic E-state index is 13.0. The molecule has 1 fully saturated rings. The summed E-state index contributed by atoms with van der Waals surface area (Å²) in [6.07, 6.45) is 2.39. The number of carbonyl (C=O) groups excluding carboxylic acids is 1. The van der Waals surface area contributed by atoms with Crippen LogP contribution in [0.1, 0.15) is 24.0 Å². The monoisotopic (exact) mass is 403 g/mol. The van der Waals surface area contributed by atoms with Crippen LogP contribution in [-0.4, -0.2) is 37.9 Å². The van der Waals surface area contributed by atoms with E-state index in [2.05, 4.69) is 10.5 Å². The molecule has 0 aliphatic carbocycles. The van der Waals surface area contributed by atoms with E-state index >= 15 is 0 Å². The zero-order valence-electron chi connectivity index (χ0n) is 15.5. The van der Waals surface area contributed by atoms with Crippen molar-refractivity contribution in [1.29, 1.82) is 0 Å². The van der Waals surface area contributed by atoms with Gasteiger partial charge in [-0.15, -0.1) is 0 Å². The van der Waals surface area contributed by atoms with Crippen LogP contribution in [-0.2, 0) is 14.8 Å². The highest BCUT2D eigenvalue weighted by Crippen LogP contribution is 2.24. The Labute approximate surface area is 164 Å². The molecule has 0 radical (unpaired) electrons. The van der Waals surface area contributed by atoms with Crippen molar-refractivity contribution in [3.05, 3.63) is 65.5 Å². The van der Waals surface area contributed by atoms with E-state index in [0.717, 1.165) is 23.3 Å². The summed E-state index contributed by atoms with van der Waals surface area (Å²) in [4.78, 5) is 12.3. The SMILES string of the molecule is Cc1ccc(/C=N\NC(=O)C2CCN(S(=O)(=O)c3ccc(F)cc3)CC2)cc1. The molecule has 0 unspecified atom stereocenters. The summed E-state index contributed by atoms with van der Waals surface area (Å²) in [7, 11) is -3.68. The first kappa shape index (κ1) is 20.2. The van der Waals surface area contributed by atoms with E-state index in [9.17, 15) is 17.6 Å². The third kappa shape index (κ3) is 4.82. The van der Waals surface area contributed by atoms with Crippen LogP contribution < -0.4 is 5.43 Å². The minimum atomic E-state index is -3.68. The fraction of sp³-hybridized carbons (Fsp3) is 0.300. The summed E-state index contributed by atoms with van der Waals surface area (Å²) in [5.41, 5.74) is 4.55. The Morgan fingerprint density at radius 3 is 2.32 bits per heavy atom. The number of piperidine rings is 1. The Hall–Kier alpha value is -2.58. The smallest absolute Gasteiger partial charge is 0.243 e. The van der Waals surface area contributed by atoms with Crippen molar-refractivity contribution < 1.29 is 17.6 Å². The number of halogens is 1.